The van der Waals surface area contributed by atoms with E-state index in [4.69, 9.17) is 12.2 Å². The largest absolute Gasteiger partial charge is 0.359 e. The van der Waals surface area contributed by atoms with Crippen LogP contribution in [0.1, 0.15) is 55.5 Å². The van der Waals surface area contributed by atoms with Crippen molar-refractivity contribution < 1.29 is 13.2 Å². The first-order chi connectivity index (χ1) is 12.8. The van der Waals surface area contributed by atoms with Crippen molar-refractivity contribution in [1.29, 1.82) is 0 Å². The summed E-state index contributed by atoms with van der Waals surface area (Å²) in [6.07, 6.45) is 4.50. The summed E-state index contributed by atoms with van der Waals surface area (Å²) >= 11 is 5.20. The van der Waals surface area contributed by atoms with Crippen LogP contribution in [-0.4, -0.2) is 42.9 Å². The molecule has 0 aromatic heterocycles. The number of benzene rings is 1. The van der Waals surface area contributed by atoms with E-state index in [1.54, 1.807) is 26.8 Å². The van der Waals surface area contributed by atoms with Gasteiger partial charge in [-0.1, -0.05) is 32.8 Å². The molecule has 0 unspecified atom stereocenters. The number of carbonyl (C=O) groups excluding carboxylic acids is 1. The van der Waals surface area contributed by atoms with E-state index in [0.717, 1.165) is 12.8 Å². The van der Waals surface area contributed by atoms with Gasteiger partial charge in [0, 0.05) is 24.7 Å². The minimum absolute atomic E-state index is 0.105. The molecule has 0 radical (unpaired) electrons. The Morgan fingerprint density at radius 1 is 1.19 bits per heavy atom. The van der Waals surface area contributed by atoms with Crippen molar-refractivity contribution >= 4 is 33.3 Å². The fourth-order valence-electron chi connectivity index (χ4n) is 3.19. The molecule has 27 heavy (non-hydrogen) atoms. The summed E-state index contributed by atoms with van der Waals surface area (Å²) in [6, 6.07) is 4.92. The Hall–Kier alpha value is -1.71. The number of hydrogen-bond donors (Lipinski definition) is 3. The molecule has 1 saturated carbocycles. The molecule has 0 aliphatic heterocycles. The molecule has 0 spiro atoms. The van der Waals surface area contributed by atoms with Crippen LogP contribution >= 0.6 is 12.2 Å². The first-order valence-corrected chi connectivity index (χ1v) is 11.1. The standard InChI is InChI=1S/C18H28N4O3S2/c1-4-22(5-2)27(24,25)15-11-10-13(3)16(12-15)17(23)20-21-18(26)19-14-8-6-7-9-14/h10-12,14H,4-9H2,1-3H3,(H,20,23)(H2,19,21,26). The summed E-state index contributed by atoms with van der Waals surface area (Å²) in [4.78, 5) is 12.6. The van der Waals surface area contributed by atoms with Gasteiger partial charge in [-0.3, -0.25) is 15.6 Å². The van der Waals surface area contributed by atoms with Gasteiger partial charge in [-0.15, -0.1) is 0 Å². The SMILES string of the molecule is CCN(CC)S(=O)(=O)c1ccc(C)c(C(=O)NNC(=S)NC2CCCC2)c1. The number of nitrogens with one attached hydrogen (secondary N) is 3. The van der Waals surface area contributed by atoms with E-state index >= 15 is 0 Å². The fourth-order valence-corrected chi connectivity index (χ4v) is 4.89. The van der Waals surface area contributed by atoms with Gasteiger partial charge < -0.3 is 5.32 Å². The van der Waals surface area contributed by atoms with Gasteiger partial charge in [-0.25, -0.2) is 8.42 Å². The van der Waals surface area contributed by atoms with Crippen molar-refractivity contribution in [3.05, 3.63) is 29.3 Å². The third kappa shape index (κ3) is 5.40. The van der Waals surface area contributed by atoms with Crippen LogP contribution < -0.4 is 16.2 Å². The highest BCUT2D eigenvalue weighted by Gasteiger charge is 2.23. The Morgan fingerprint density at radius 3 is 2.41 bits per heavy atom. The molecule has 1 aromatic rings. The Kier molecular flexibility index (Phi) is 7.58. The highest BCUT2D eigenvalue weighted by Crippen LogP contribution is 2.20. The van der Waals surface area contributed by atoms with Crippen LogP contribution in [0, 0.1) is 6.92 Å². The predicted octanol–water partition coefficient (Wildman–Crippen LogP) is 2.08. The summed E-state index contributed by atoms with van der Waals surface area (Å²) in [5.74, 6) is -0.431. The van der Waals surface area contributed by atoms with E-state index < -0.39 is 15.9 Å². The van der Waals surface area contributed by atoms with Gasteiger partial charge >= 0.3 is 0 Å². The maximum atomic E-state index is 12.7. The zero-order chi connectivity index (χ0) is 20.0. The van der Waals surface area contributed by atoms with Crippen molar-refractivity contribution in [3.8, 4) is 0 Å². The molecule has 150 valence electrons. The van der Waals surface area contributed by atoms with E-state index in [0.29, 0.717) is 35.4 Å². The molecule has 1 aromatic carbocycles. The predicted molar refractivity (Wildman–Crippen MR) is 110 cm³/mol. The minimum atomic E-state index is -3.63. The van der Waals surface area contributed by atoms with E-state index in [1.807, 2.05) is 0 Å². The number of carbonyl (C=O) groups is 1. The molecule has 7 nitrogen and oxygen atoms in total. The van der Waals surface area contributed by atoms with Gasteiger partial charge in [0.15, 0.2) is 5.11 Å². The van der Waals surface area contributed by atoms with Crippen LogP contribution in [0.25, 0.3) is 0 Å². The zero-order valence-electron chi connectivity index (χ0n) is 16.0. The van der Waals surface area contributed by atoms with Gasteiger partial charge in [0.25, 0.3) is 5.91 Å². The lowest BCUT2D eigenvalue weighted by atomic mass is 10.1. The van der Waals surface area contributed by atoms with Gasteiger partial charge in [0.1, 0.15) is 0 Å². The number of amides is 1. The number of nitrogens with zero attached hydrogens (tertiary/aromatic N) is 1. The number of rotatable bonds is 6. The van der Waals surface area contributed by atoms with Crippen LogP contribution in [0.2, 0.25) is 0 Å². The molecular formula is C18H28N4O3S2. The highest BCUT2D eigenvalue weighted by molar-refractivity contribution is 7.89. The number of sulfonamides is 1. The molecule has 0 atom stereocenters. The van der Waals surface area contributed by atoms with E-state index in [-0.39, 0.29) is 4.90 Å². The normalized spacial score (nSPS) is 15.0. The number of hydrazine groups is 1. The smallest absolute Gasteiger partial charge is 0.269 e. The average molecular weight is 413 g/mol. The molecule has 2 rings (SSSR count). The van der Waals surface area contributed by atoms with Crippen molar-refractivity contribution in [2.24, 2.45) is 0 Å². The summed E-state index contributed by atoms with van der Waals surface area (Å²) in [6.45, 7) is 6.07. The third-order valence-electron chi connectivity index (χ3n) is 4.78. The first-order valence-electron chi connectivity index (χ1n) is 9.27. The number of thiocarbonyl (C=S) groups is 1. The number of aryl methyl sites for hydroxylation is 1. The minimum Gasteiger partial charge on any atom is -0.359 e. The van der Waals surface area contributed by atoms with Crippen LogP contribution in [0.4, 0.5) is 0 Å². The van der Waals surface area contributed by atoms with Gasteiger partial charge in [0.2, 0.25) is 10.0 Å². The fraction of sp³-hybridized carbons (Fsp3) is 0.556. The lowest BCUT2D eigenvalue weighted by molar-refractivity contribution is 0.0942. The topological polar surface area (TPSA) is 90.5 Å². The second-order valence-corrected chi connectivity index (χ2v) is 8.95. The van der Waals surface area contributed by atoms with Crippen LogP contribution in [0.3, 0.4) is 0 Å². The lowest BCUT2D eigenvalue weighted by Gasteiger charge is -2.19. The lowest BCUT2D eigenvalue weighted by Crippen LogP contribution is -2.49. The van der Waals surface area contributed by atoms with Crippen molar-refractivity contribution in [2.45, 2.75) is 57.4 Å². The van der Waals surface area contributed by atoms with Crippen molar-refractivity contribution in [3.63, 3.8) is 0 Å². The Bertz CT molecular complexity index is 786. The number of hydrogen-bond acceptors (Lipinski definition) is 4. The highest BCUT2D eigenvalue weighted by atomic mass is 32.2. The molecule has 1 aliphatic rings. The summed E-state index contributed by atoms with van der Waals surface area (Å²) in [5, 5.41) is 3.53. The average Bonchev–Trinajstić information content (AvgIpc) is 3.13. The van der Waals surface area contributed by atoms with Gasteiger partial charge in [-0.2, -0.15) is 4.31 Å². The monoisotopic (exact) mass is 412 g/mol. The summed E-state index contributed by atoms with van der Waals surface area (Å²) in [7, 11) is -3.63. The van der Waals surface area contributed by atoms with Crippen molar-refractivity contribution in [1.82, 2.24) is 20.5 Å². The molecule has 0 bridgehead atoms. The molecule has 0 heterocycles. The van der Waals surface area contributed by atoms with Crippen LogP contribution in [0.5, 0.6) is 0 Å². The summed E-state index contributed by atoms with van der Waals surface area (Å²) in [5.41, 5.74) is 6.22. The second-order valence-electron chi connectivity index (χ2n) is 6.60. The van der Waals surface area contributed by atoms with Crippen LogP contribution in [0.15, 0.2) is 23.1 Å². The molecule has 1 fully saturated rings. The zero-order valence-corrected chi connectivity index (χ0v) is 17.7. The molecule has 9 heteroatoms. The van der Waals surface area contributed by atoms with Crippen molar-refractivity contribution in [2.75, 3.05) is 13.1 Å². The Balaban J connectivity index is 2.08. The molecule has 1 amide bonds. The van der Waals surface area contributed by atoms with Gasteiger partial charge in [0.05, 0.1) is 4.90 Å². The molecule has 1 aliphatic carbocycles. The van der Waals surface area contributed by atoms with Crippen LogP contribution in [-0.2, 0) is 10.0 Å². The Labute approximate surface area is 166 Å². The third-order valence-corrected chi connectivity index (χ3v) is 7.04. The maximum Gasteiger partial charge on any atom is 0.269 e. The Morgan fingerprint density at radius 2 is 1.81 bits per heavy atom. The first kappa shape index (κ1) is 21.6. The van der Waals surface area contributed by atoms with E-state index in [9.17, 15) is 13.2 Å². The maximum absolute atomic E-state index is 12.7. The van der Waals surface area contributed by atoms with Gasteiger partial charge in [-0.05, 0) is 49.7 Å². The van der Waals surface area contributed by atoms with E-state index in [2.05, 4.69) is 16.2 Å². The second kappa shape index (κ2) is 9.48. The molecule has 0 saturated heterocycles. The summed E-state index contributed by atoms with van der Waals surface area (Å²) < 4.78 is 26.7. The molecule has 3 N–H and O–H groups in total. The molecular weight excluding hydrogens is 384 g/mol. The van der Waals surface area contributed by atoms with E-state index in [1.165, 1.54) is 29.3 Å². The quantitative estimate of drug-likeness (QED) is 0.490.